The molecule has 2 aromatic carbocycles. The number of nitrogens with zero attached hydrogens (tertiary/aromatic N) is 1. The van der Waals surface area contributed by atoms with Crippen LogP contribution in [0.4, 0.5) is 0 Å². The standard InChI is InChI=1S/C21H21NO2S/c1-2-3-8-16-15-17-13-14-22(21(17)20-12-7-11-19(16)20)25(23,24)18-9-5-4-6-10-18/h3-6,8-10,13-15H,2,7,11-12H2,1H3/b8-3+. The van der Waals surface area contributed by atoms with E-state index in [1.54, 1.807) is 30.5 Å². The Kier molecular flexibility index (Phi) is 4.00. The maximum absolute atomic E-state index is 13.1. The first-order chi connectivity index (χ1) is 12.1. The molecule has 4 heteroatoms. The lowest BCUT2D eigenvalue weighted by Crippen LogP contribution is -2.12. The first-order valence-electron chi connectivity index (χ1n) is 8.76. The lowest BCUT2D eigenvalue weighted by molar-refractivity contribution is 0.589. The summed E-state index contributed by atoms with van der Waals surface area (Å²) >= 11 is 0. The molecule has 0 radical (unpaired) electrons. The Morgan fingerprint density at radius 3 is 2.60 bits per heavy atom. The normalized spacial score (nSPS) is 14.4. The van der Waals surface area contributed by atoms with Gasteiger partial charge in [0.1, 0.15) is 0 Å². The van der Waals surface area contributed by atoms with E-state index in [0.29, 0.717) is 4.90 Å². The zero-order valence-electron chi connectivity index (χ0n) is 14.3. The monoisotopic (exact) mass is 351 g/mol. The lowest BCUT2D eigenvalue weighted by Gasteiger charge is -2.12. The topological polar surface area (TPSA) is 39.1 Å². The van der Waals surface area contributed by atoms with Gasteiger partial charge in [-0.3, -0.25) is 0 Å². The molecule has 0 spiro atoms. The van der Waals surface area contributed by atoms with Crippen LogP contribution in [0.5, 0.6) is 0 Å². The van der Waals surface area contributed by atoms with E-state index in [2.05, 4.69) is 25.1 Å². The zero-order chi connectivity index (χ0) is 17.4. The third-order valence-corrected chi connectivity index (χ3v) is 6.57. The maximum Gasteiger partial charge on any atom is 0.268 e. The summed E-state index contributed by atoms with van der Waals surface area (Å²) in [5, 5.41) is 0.996. The Hall–Kier alpha value is -2.33. The molecule has 1 aliphatic carbocycles. The Morgan fingerprint density at radius 2 is 1.84 bits per heavy atom. The van der Waals surface area contributed by atoms with Gasteiger partial charge < -0.3 is 0 Å². The van der Waals surface area contributed by atoms with E-state index in [1.165, 1.54) is 20.7 Å². The van der Waals surface area contributed by atoms with Crippen LogP contribution in [0.3, 0.4) is 0 Å². The molecule has 3 aromatic rings. The lowest BCUT2D eigenvalue weighted by atomic mass is 9.99. The molecule has 4 rings (SSSR count). The van der Waals surface area contributed by atoms with Crippen molar-refractivity contribution in [3.05, 3.63) is 71.4 Å². The highest BCUT2D eigenvalue weighted by molar-refractivity contribution is 7.90. The molecule has 0 amide bonds. The molecule has 128 valence electrons. The van der Waals surface area contributed by atoms with Crippen molar-refractivity contribution in [1.29, 1.82) is 0 Å². The van der Waals surface area contributed by atoms with E-state index >= 15 is 0 Å². The van der Waals surface area contributed by atoms with Crippen molar-refractivity contribution in [1.82, 2.24) is 3.97 Å². The van der Waals surface area contributed by atoms with Gasteiger partial charge in [-0.2, -0.15) is 0 Å². The van der Waals surface area contributed by atoms with Gasteiger partial charge in [0, 0.05) is 11.6 Å². The number of benzene rings is 2. The van der Waals surface area contributed by atoms with Crippen LogP contribution in [-0.2, 0) is 22.9 Å². The summed E-state index contributed by atoms with van der Waals surface area (Å²) < 4.78 is 27.7. The molecule has 0 aliphatic heterocycles. The zero-order valence-corrected chi connectivity index (χ0v) is 15.1. The van der Waals surface area contributed by atoms with Crippen molar-refractivity contribution >= 4 is 27.0 Å². The van der Waals surface area contributed by atoms with Gasteiger partial charge in [-0.25, -0.2) is 12.4 Å². The van der Waals surface area contributed by atoms with Gasteiger partial charge in [-0.05, 0) is 66.6 Å². The third kappa shape index (κ3) is 2.61. The molecular formula is C21H21NO2S. The van der Waals surface area contributed by atoms with Crippen molar-refractivity contribution in [3.8, 4) is 0 Å². The highest BCUT2D eigenvalue weighted by Crippen LogP contribution is 2.35. The van der Waals surface area contributed by atoms with Crippen molar-refractivity contribution in [3.63, 3.8) is 0 Å². The highest BCUT2D eigenvalue weighted by Gasteiger charge is 2.24. The molecule has 1 aromatic heterocycles. The molecule has 0 fully saturated rings. The first-order valence-corrected chi connectivity index (χ1v) is 10.2. The summed E-state index contributed by atoms with van der Waals surface area (Å²) in [5.74, 6) is 0. The quantitative estimate of drug-likeness (QED) is 0.678. The van der Waals surface area contributed by atoms with Crippen LogP contribution >= 0.6 is 0 Å². The Labute approximate surface area is 148 Å². The third-order valence-electron chi connectivity index (χ3n) is 4.88. The van der Waals surface area contributed by atoms with Crippen molar-refractivity contribution < 1.29 is 8.42 Å². The van der Waals surface area contributed by atoms with Crippen molar-refractivity contribution in [2.75, 3.05) is 0 Å². The van der Waals surface area contributed by atoms with Crippen LogP contribution in [0.1, 0.15) is 36.5 Å². The minimum Gasteiger partial charge on any atom is -0.241 e. The van der Waals surface area contributed by atoms with E-state index in [9.17, 15) is 8.42 Å². The number of hydrogen-bond donors (Lipinski definition) is 0. The van der Waals surface area contributed by atoms with E-state index < -0.39 is 10.0 Å². The molecule has 1 aliphatic rings. The Morgan fingerprint density at radius 1 is 1.08 bits per heavy atom. The second-order valence-corrected chi connectivity index (χ2v) is 8.27. The van der Waals surface area contributed by atoms with Gasteiger partial charge in [0.25, 0.3) is 10.0 Å². The van der Waals surface area contributed by atoms with E-state index in [4.69, 9.17) is 0 Å². The summed E-state index contributed by atoms with van der Waals surface area (Å²) in [6.45, 7) is 2.12. The Balaban J connectivity index is 1.97. The predicted octanol–water partition coefficient (Wildman–Crippen LogP) is 4.79. The largest absolute Gasteiger partial charge is 0.268 e. The molecular weight excluding hydrogens is 330 g/mol. The fraction of sp³-hybridized carbons (Fsp3) is 0.238. The number of fused-ring (bicyclic) bond motifs is 3. The van der Waals surface area contributed by atoms with Crippen LogP contribution < -0.4 is 0 Å². The van der Waals surface area contributed by atoms with Crippen LogP contribution in [0.25, 0.3) is 17.0 Å². The van der Waals surface area contributed by atoms with Gasteiger partial charge in [-0.15, -0.1) is 0 Å². The van der Waals surface area contributed by atoms with Crippen LogP contribution in [0.15, 0.2) is 59.6 Å². The van der Waals surface area contributed by atoms with Gasteiger partial charge in [-0.1, -0.05) is 37.3 Å². The molecule has 3 nitrogen and oxygen atoms in total. The summed E-state index contributed by atoms with van der Waals surface area (Å²) in [4.78, 5) is 0.328. The number of hydrogen-bond acceptors (Lipinski definition) is 2. The van der Waals surface area contributed by atoms with Gasteiger partial charge >= 0.3 is 0 Å². The summed E-state index contributed by atoms with van der Waals surface area (Å²) in [7, 11) is -3.57. The van der Waals surface area contributed by atoms with Crippen LogP contribution in [0, 0.1) is 0 Å². The van der Waals surface area contributed by atoms with Crippen molar-refractivity contribution in [2.45, 2.75) is 37.5 Å². The second-order valence-electron chi connectivity index (χ2n) is 6.45. The maximum atomic E-state index is 13.1. The number of allylic oxidation sites excluding steroid dienone is 1. The first kappa shape index (κ1) is 16.2. The second kappa shape index (κ2) is 6.19. The van der Waals surface area contributed by atoms with E-state index in [1.807, 2.05) is 12.1 Å². The van der Waals surface area contributed by atoms with Gasteiger partial charge in [0.2, 0.25) is 0 Å². The fourth-order valence-electron chi connectivity index (χ4n) is 3.73. The molecule has 0 saturated carbocycles. The summed E-state index contributed by atoms with van der Waals surface area (Å²) in [6, 6.07) is 12.7. The molecule has 0 unspecified atom stereocenters. The van der Waals surface area contributed by atoms with E-state index in [-0.39, 0.29) is 0 Å². The molecule has 25 heavy (non-hydrogen) atoms. The number of rotatable bonds is 4. The predicted molar refractivity (Wildman–Crippen MR) is 102 cm³/mol. The molecule has 0 saturated heterocycles. The SMILES string of the molecule is CC/C=C/c1cc2ccn(S(=O)(=O)c3ccccc3)c2c2c1CCC2. The minimum absolute atomic E-state index is 0.328. The molecule has 1 heterocycles. The molecule has 0 atom stereocenters. The number of aromatic nitrogens is 1. The minimum atomic E-state index is -3.57. The Bertz CT molecular complexity index is 1060. The average Bonchev–Trinajstić information content (AvgIpc) is 3.27. The number of aryl methyl sites for hydroxylation is 1. The highest BCUT2D eigenvalue weighted by atomic mass is 32.2. The van der Waals surface area contributed by atoms with Crippen LogP contribution in [-0.4, -0.2) is 12.4 Å². The van der Waals surface area contributed by atoms with Gasteiger partial charge in [0.05, 0.1) is 10.4 Å². The summed E-state index contributed by atoms with van der Waals surface area (Å²) in [5.41, 5.74) is 4.58. The molecule has 0 N–H and O–H groups in total. The average molecular weight is 351 g/mol. The van der Waals surface area contributed by atoms with Crippen LogP contribution in [0.2, 0.25) is 0 Å². The van der Waals surface area contributed by atoms with E-state index in [0.717, 1.165) is 36.6 Å². The smallest absolute Gasteiger partial charge is 0.241 e. The molecule has 0 bridgehead atoms. The van der Waals surface area contributed by atoms with Crippen molar-refractivity contribution in [2.24, 2.45) is 0 Å². The fourth-order valence-corrected chi connectivity index (χ4v) is 5.14. The van der Waals surface area contributed by atoms with Gasteiger partial charge in [0.15, 0.2) is 0 Å². The summed E-state index contributed by atoms with van der Waals surface area (Å²) in [6.07, 6.45) is 10.1.